The van der Waals surface area contributed by atoms with Crippen molar-refractivity contribution >= 4 is 11.9 Å². The van der Waals surface area contributed by atoms with Crippen molar-refractivity contribution in [2.75, 3.05) is 0 Å². The third-order valence-corrected chi connectivity index (χ3v) is 3.36. The third-order valence-electron chi connectivity index (χ3n) is 3.36. The molecule has 0 N–H and O–H groups in total. The largest absolute Gasteiger partial charge is 0.459 e. The number of ether oxygens (including phenoxy) is 2. The highest BCUT2D eigenvalue weighted by molar-refractivity contribution is 5.96. The topological polar surface area (TPSA) is 52.6 Å². The molecule has 0 unspecified atom stereocenters. The number of esters is 2. The van der Waals surface area contributed by atoms with Gasteiger partial charge in [0, 0.05) is 12.0 Å². The molecule has 7 heteroatoms. The SMILES string of the molecule is CC(C)(C)OC(=O)C(C(=O)OC(C)(C)C)[C@@H](/C=C/C(F)(F)F)c1ccccc1. The van der Waals surface area contributed by atoms with E-state index in [9.17, 15) is 22.8 Å². The first-order valence-electron chi connectivity index (χ1n) is 8.86. The third kappa shape index (κ3) is 8.59. The normalized spacial score (nSPS) is 14.2. The van der Waals surface area contributed by atoms with Gasteiger partial charge in [-0.2, -0.15) is 13.2 Å². The summed E-state index contributed by atoms with van der Waals surface area (Å²) < 4.78 is 49.1. The van der Waals surface area contributed by atoms with Crippen LogP contribution in [0.5, 0.6) is 0 Å². The number of alkyl halides is 3. The summed E-state index contributed by atoms with van der Waals surface area (Å²) >= 11 is 0. The Morgan fingerprint density at radius 1 is 0.857 bits per heavy atom. The van der Waals surface area contributed by atoms with Gasteiger partial charge in [0.1, 0.15) is 11.2 Å². The maximum absolute atomic E-state index is 12.8. The molecule has 28 heavy (non-hydrogen) atoms. The zero-order valence-electron chi connectivity index (χ0n) is 17.0. The van der Waals surface area contributed by atoms with Crippen molar-refractivity contribution in [2.45, 2.75) is 64.8 Å². The summed E-state index contributed by atoms with van der Waals surface area (Å²) in [4.78, 5) is 25.6. The second-order valence-electron chi connectivity index (χ2n) is 8.38. The van der Waals surface area contributed by atoms with E-state index in [-0.39, 0.29) is 6.08 Å². The molecular weight excluding hydrogens is 373 g/mol. The first-order chi connectivity index (χ1) is 12.6. The first kappa shape index (κ1) is 23.7. The van der Waals surface area contributed by atoms with Crippen molar-refractivity contribution in [3.63, 3.8) is 0 Å². The number of hydrogen-bond donors (Lipinski definition) is 0. The monoisotopic (exact) mass is 400 g/mol. The Labute approximate surface area is 163 Å². The number of hydrogen-bond acceptors (Lipinski definition) is 4. The average Bonchev–Trinajstić information content (AvgIpc) is 2.47. The van der Waals surface area contributed by atoms with Crippen LogP contribution in [-0.4, -0.2) is 29.3 Å². The molecule has 0 bridgehead atoms. The molecule has 0 aromatic heterocycles. The predicted molar refractivity (Wildman–Crippen MR) is 99.6 cm³/mol. The maximum Gasteiger partial charge on any atom is 0.409 e. The summed E-state index contributed by atoms with van der Waals surface area (Å²) in [5.41, 5.74) is -1.48. The number of rotatable bonds is 5. The van der Waals surface area contributed by atoms with Crippen LogP contribution in [0.4, 0.5) is 13.2 Å². The Balaban J connectivity index is 3.45. The number of benzene rings is 1. The highest BCUT2D eigenvalue weighted by Gasteiger charge is 2.41. The Morgan fingerprint density at radius 2 is 1.29 bits per heavy atom. The fraction of sp³-hybridized carbons (Fsp3) is 0.524. The molecule has 0 aliphatic carbocycles. The van der Waals surface area contributed by atoms with Gasteiger partial charge in [-0.25, -0.2) is 0 Å². The molecule has 1 atom stereocenters. The number of carbonyl (C=O) groups is 2. The van der Waals surface area contributed by atoms with Gasteiger partial charge in [0.25, 0.3) is 0 Å². The van der Waals surface area contributed by atoms with E-state index in [1.165, 1.54) is 0 Å². The quantitative estimate of drug-likeness (QED) is 0.388. The summed E-state index contributed by atoms with van der Waals surface area (Å²) in [5, 5.41) is 0. The van der Waals surface area contributed by atoms with E-state index in [0.29, 0.717) is 5.56 Å². The Hall–Kier alpha value is -2.31. The van der Waals surface area contributed by atoms with Crippen molar-refractivity contribution in [3.05, 3.63) is 48.0 Å². The van der Waals surface area contributed by atoms with Crippen LogP contribution >= 0.6 is 0 Å². The Bertz CT molecular complexity index is 667. The molecular formula is C21H27F3O4. The van der Waals surface area contributed by atoms with Crippen molar-refractivity contribution in [3.8, 4) is 0 Å². The lowest BCUT2D eigenvalue weighted by molar-refractivity contribution is -0.175. The zero-order chi connectivity index (χ0) is 21.8. The minimum Gasteiger partial charge on any atom is -0.459 e. The molecule has 0 heterocycles. The number of allylic oxidation sites excluding steroid dienone is 2. The summed E-state index contributed by atoms with van der Waals surface area (Å²) in [5.74, 6) is -4.67. The molecule has 0 aliphatic rings. The lowest BCUT2D eigenvalue weighted by Gasteiger charge is -2.29. The lowest BCUT2D eigenvalue weighted by Crippen LogP contribution is -2.39. The Kier molecular flexibility index (Phi) is 7.45. The molecule has 0 spiro atoms. The summed E-state index contributed by atoms with van der Waals surface area (Å²) in [6, 6.07) is 8.01. The molecule has 0 radical (unpaired) electrons. The fourth-order valence-electron chi connectivity index (χ4n) is 2.42. The van der Waals surface area contributed by atoms with E-state index in [1.807, 2.05) is 0 Å². The molecule has 1 rings (SSSR count). The van der Waals surface area contributed by atoms with Crippen molar-refractivity contribution in [1.29, 1.82) is 0 Å². The molecule has 0 saturated carbocycles. The maximum atomic E-state index is 12.8. The van der Waals surface area contributed by atoms with Crippen LogP contribution in [0.1, 0.15) is 53.0 Å². The van der Waals surface area contributed by atoms with Crippen LogP contribution in [0.15, 0.2) is 42.5 Å². The van der Waals surface area contributed by atoms with Crippen LogP contribution < -0.4 is 0 Å². The van der Waals surface area contributed by atoms with Crippen LogP contribution in [-0.2, 0) is 19.1 Å². The van der Waals surface area contributed by atoms with Crippen molar-refractivity contribution < 1.29 is 32.2 Å². The molecule has 1 aromatic rings. The van der Waals surface area contributed by atoms with Gasteiger partial charge in [0.05, 0.1) is 0 Å². The highest BCUT2D eigenvalue weighted by Crippen LogP contribution is 2.32. The van der Waals surface area contributed by atoms with Crippen LogP contribution in [0.3, 0.4) is 0 Å². The smallest absolute Gasteiger partial charge is 0.409 e. The molecule has 0 aliphatic heterocycles. The van der Waals surface area contributed by atoms with Gasteiger partial charge in [-0.15, -0.1) is 0 Å². The van der Waals surface area contributed by atoms with E-state index in [1.54, 1.807) is 71.9 Å². The van der Waals surface area contributed by atoms with E-state index in [4.69, 9.17) is 9.47 Å². The van der Waals surface area contributed by atoms with E-state index in [0.717, 1.165) is 6.08 Å². The fourth-order valence-corrected chi connectivity index (χ4v) is 2.42. The number of carbonyl (C=O) groups excluding carboxylic acids is 2. The van der Waals surface area contributed by atoms with Gasteiger partial charge in [0.2, 0.25) is 0 Å². The van der Waals surface area contributed by atoms with Gasteiger partial charge in [-0.05, 0) is 47.1 Å². The Morgan fingerprint density at radius 3 is 1.64 bits per heavy atom. The summed E-state index contributed by atoms with van der Waals surface area (Å²) in [6.45, 7) is 9.67. The van der Waals surface area contributed by atoms with E-state index < -0.39 is 41.2 Å². The molecule has 156 valence electrons. The molecule has 4 nitrogen and oxygen atoms in total. The summed E-state index contributed by atoms with van der Waals surface area (Å²) in [7, 11) is 0. The van der Waals surface area contributed by atoms with Gasteiger partial charge in [-0.1, -0.05) is 36.4 Å². The van der Waals surface area contributed by atoms with E-state index >= 15 is 0 Å². The molecule has 0 amide bonds. The van der Waals surface area contributed by atoms with Gasteiger partial charge >= 0.3 is 18.1 Å². The van der Waals surface area contributed by atoms with E-state index in [2.05, 4.69) is 0 Å². The predicted octanol–water partition coefficient (Wildman–Crippen LogP) is 5.19. The summed E-state index contributed by atoms with van der Waals surface area (Å²) in [6.07, 6.45) is -3.78. The molecule has 0 fully saturated rings. The minimum atomic E-state index is -4.60. The highest BCUT2D eigenvalue weighted by atomic mass is 19.4. The van der Waals surface area contributed by atoms with Gasteiger partial charge in [-0.3, -0.25) is 9.59 Å². The van der Waals surface area contributed by atoms with Crippen LogP contribution in [0.2, 0.25) is 0 Å². The molecule has 0 saturated heterocycles. The van der Waals surface area contributed by atoms with Crippen molar-refractivity contribution in [1.82, 2.24) is 0 Å². The lowest BCUT2D eigenvalue weighted by atomic mass is 9.85. The van der Waals surface area contributed by atoms with Crippen LogP contribution in [0, 0.1) is 5.92 Å². The second-order valence-corrected chi connectivity index (χ2v) is 8.38. The van der Waals surface area contributed by atoms with Crippen LogP contribution in [0.25, 0.3) is 0 Å². The van der Waals surface area contributed by atoms with Gasteiger partial charge in [0.15, 0.2) is 5.92 Å². The van der Waals surface area contributed by atoms with Crippen molar-refractivity contribution in [2.24, 2.45) is 5.92 Å². The standard InChI is InChI=1S/C21H27F3O4/c1-19(2,3)27-17(25)16(18(26)28-20(4,5)6)15(12-13-21(22,23)24)14-10-8-7-9-11-14/h7-13,15-16H,1-6H3/b13-12+/t15-/m0/s1. The number of halogens is 3. The minimum absolute atomic E-state index is 0.0202. The zero-order valence-corrected chi connectivity index (χ0v) is 17.0. The first-order valence-corrected chi connectivity index (χ1v) is 8.86. The average molecular weight is 400 g/mol. The second kappa shape index (κ2) is 8.80. The van der Waals surface area contributed by atoms with Gasteiger partial charge < -0.3 is 9.47 Å². The molecule has 1 aromatic carbocycles.